The molecule has 0 aliphatic rings. The van der Waals surface area contributed by atoms with E-state index in [1.807, 2.05) is 0 Å². The van der Waals surface area contributed by atoms with E-state index in [9.17, 15) is 13.6 Å². The van der Waals surface area contributed by atoms with Gasteiger partial charge >= 0.3 is 6.61 Å². The van der Waals surface area contributed by atoms with Gasteiger partial charge in [-0.25, -0.2) is 5.43 Å². The minimum atomic E-state index is -3.03. The molecule has 6 nitrogen and oxygen atoms in total. The highest BCUT2D eigenvalue weighted by Gasteiger charge is 2.14. The van der Waals surface area contributed by atoms with Gasteiger partial charge in [-0.1, -0.05) is 17.7 Å². The van der Waals surface area contributed by atoms with Crippen molar-refractivity contribution in [2.45, 2.75) is 13.5 Å². The molecule has 2 aromatic rings. The average Bonchev–Trinajstić information content (AvgIpc) is 2.63. The number of halogens is 3. The highest BCUT2D eigenvalue weighted by molar-refractivity contribution is 6.30. The molecule has 27 heavy (non-hydrogen) atoms. The summed E-state index contributed by atoms with van der Waals surface area (Å²) in [5.41, 5.74) is 2.46. The lowest BCUT2D eigenvalue weighted by molar-refractivity contribution is -0.123. The zero-order valence-corrected chi connectivity index (χ0v) is 15.1. The third kappa shape index (κ3) is 6.74. The molecular weight excluding hydrogens is 382 g/mol. The predicted octanol–water partition coefficient (Wildman–Crippen LogP) is 3.87. The minimum absolute atomic E-state index is 0.152. The van der Waals surface area contributed by atoms with Crippen LogP contribution in [-0.2, 0) is 4.79 Å². The van der Waals surface area contributed by atoms with Crippen molar-refractivity contribution >= 4 is 23.7 Å². The number of hydrogen-bond acceptors (Lipinski definition) is 5. The van der Waals surface area contributed by atoms with Gasteiger partial charge in [0.2, 0.25) is 0 Å². The third-order valence-electron chi connectivity index (χ3n) is 3.09. The van der Waals surface area contributed by atoms with Crippen LogP contribution in [0.5, 0.6) is 17.2 Å². The molecule has 0 saturated heterocycles. The molecule has 0 aromatic heterocycles. The van der Waals surface area contributed by atoms with Crippen molar-refractivity contribution < 1.29 is 27.8 Å². The first kappa shape index (κ1) is 20.4. The number of carbonyl (C=O) groups excluding carboxylic acids is 1. The summed E-state index contributed by atoms with van der Waals surface area (Å²) in [5.74, 6) is -0.0713. The van der Waals surface area contributed by atoms with Gasteiger partial charge in [-0.3, -0.25) is 4.79 Å². The Labute approximate surface area is 159 Å². The van der Waals surface area contributed by atoms with Crippen LogP contribution in [-0.4, -0.2) is 31.9 Å². The predicted molar refractivity (Wildman–Crippen MR) is 96.9 cm³/mol. The second kappa shape index (κ2) is 10.3. The standard InChI is InChI=1S/C18H17ClF2N2O4/c1-2-25-15-5-3-4-12(17(15)27-18(20)21)10-22-23-16(24)11-26-14-8-6-13(19)7-9-14/h3-10,18H,2,11H2,1H3,(H,23,24)/b22-10-. The van der Waals surface area contributed by atoms with Gasteiger partial charge in [0.05, 0.1) is 12.8 Å². The molecule has 9 heteroatoms. The number of nitrogens with one attached hydrogen (secondary N) is 1. The van der Waals surface area contributed by atoms with E-state index in [0.717, 1.165) is 0 Å². The molecule has 0 atom stereocenters. The average molecular weight is 399 g/mol. The Morgan fingerprint density at radius 2 is 1.96 bits per heavy atom. The fourth-order valence-electron chi connectivity index (χ4n) is 2.00. The van der Waals surface area contributed by atoms with Crippen molar-refractivity contribution in [3.05, 3.63) is 53.1 Å². The van der Waals surface area contributed by atoms with E-state index in [1.165, 1.54) is 18.3 Å². The van der Waals surface area contributed by atoms with Crippen molar-refractivity contribution in [1.29, 1.82) is 0 Å². The van der Waals surface area contributed by atoms with Gasteiger partial charge in [0.15, 0.2) is 18.1 Å². The maximum atomic E-state index is 12.6. The number of ether oxygens (including phenoxy) is 3. The van der Waals surface area contributed by atoms with E-state index in [2.05, 4.69) is 15.3 Å². The molecule has 144 valence electrons. The highest BCUT2D eigenvalue weighted by Crippen LogP contribution is 2.31. The number of para-hydroxylation sites is 1. The number of benzene rings is 2. The van der Waals surface area contributed by atoms with Crippen LogP contribution in [0.2, 0.25) is 5.02 Å². The topological polar surface area (TPSA) is 69.2 Å². The Morgan fingerprint density at radius 3 is 2.63 bits per heavy atom. The summed E-state index contributed by atoms with van der Waals surface area (Å²) in [4.78, 5) is 11.8. The van der Waals surface area contributed by atoms with Gasteiger partial charge in [-0.05, 0) is 43.3 Å². The molecule has 0 saturated carbocycles. The molecule has 0 radical (unpaired) electrons. The molecule has 0 fully saturated rings. The molecule has 2 rings (SSSR count). The molecule has 2 aromatic carbocycles. The summed E-state index contributed by atoms with van der Waals surface area (Å²) in [6, 6.07) is 11.1. The lowest BCUT2D eigenvalue weighted by Gasteiger charge is -2.13. The van der Waals surface area contributed by atoms with E-state index in [4.69, 9.17) is 21.1 Å². The molecule has 1 amide bonds. The summed E-state index contributed by atoms with van der Waals surface area (Å²) in [5, 5.41) is 4.28. The van der Waals surface area contributed by atoms with E-state index >= 15 is 0 Å². The van der Waals surface area contributed by atoms with Gasteiger partial charge in [0.25, 0.3) is 5.91 Å². The Morgan fingerprint density at radius 1 is 1.22 bits per heavy atom. The van der Waals surface area contributed by atoms with Crippen molar-refractivity contribution in [3.8, 4) is 17.2 Å². The quantitative estimate of drug-likeness (QED) is 0.514. The van der Waals surface area contributed by atoms with Crippen LogP contribution in [0.15, 0.2) is 47.6 Å². The number of carbonyl (C=O) groups is 1. The van der Waals surface area contributed by atoms with E-state index in [-0.39, 0.29) is 30.3 Å². The van der Waals surface area contributed by atoms with Crippen LogP contribution in [0.1, 0.15) is 12.5 Å². The fourth-order valence-corrected chi connectivity index (χ4v) is 2.13. The number of alkyl halides is 2. The summed E-state index contributed by atoms with van der Waals surface area (Å²) >= 11 is 5.76. The van der Waals surface area contributed by atoms with Crippen LogP contribution in [0.3, 0.4) is 0 Å². The van der Waals surface area contributed by atoms with E-state index < -0.39 is 12.5 Å². The fraction of sp³-hybridized carbons (Fsp3) is 0.222. The molecular formula is C18H17ClF2N2O4. The Balaban J connectivity index is 1.97. The van der Waals surface area contributed by atoms with Crippen LogP contribution >= 0.6 is 11.6 Å². The van der Waals surface area contributed by atoms with Crippen molar-refractivity contribution in [1.82, 2.24) is 5.43 Å². The Hall–Kier alpha value is -2.87. The Bertz CT molecular complexity index is 785. The van der Waals surface area contributed by atoms with Gasteiger partial charge in [0.1, 0.15) is 5.75 Å². The first-order valence-electron chi connectivity index (χ1n) is 7.90. The molecule has 0 aliphatic carbocycles. The zero-order chi connectivity index (χ0) is 19.6. The van der Waals surface area contributed by atoms with Crippen LogP contribution in [0.4, 0.5) is 8.78 Å². The van der Waals surface area contributed by atoms with Gasteiger partial charge in [-0.15, -0.1) is 0 Å². The maximum Gasteiger partial charge on any atom is 0.387 e. The highest BCUT2D eigenvalue weighted by atomic mass is 35.5. The normalized spacial score (nSPS) is 10.9. The molecule has 0 aliphatic heterocycles. The number of rotatable bonds is 9. The maximum absolute atomic E-state index is 12.6. The minimum Gasteiger partial charge on any atom is -0.490 e. The van der Waals surface area contributed by atoms with Crippen molar-refractivity contribution in [3.63, 3.8) is 0 Å². The smallest absolute Gasteiger partial charge is 0.387 e. The lowest BCUT2D eigenvalue weighted by Crippen LogP contribution is -2.24. The van der Waals surface area contributed by atoms with Crippen molar-refractivity contribution in [2.24, 2.45) is 5.10 Å². The summed E-state index contributed by atoms with van der Waals surface area (Å²) in [7, 11) is 0. The molecule has 0 spiro atoms. The van der Waals surface area contributed by atoms with Crippen LogP contribution in [0.25, 0.3) is 0 Å². The summed E-state index contributed by atoms with van der Waals surface area (Å²) in [6.45, 7) is -1.31. The second-order valence-electron chi connectivity index (χ2n) is 5.02. The SMILES string of the molecule is CCOc1cccc(/C=N\NC(=O)COc2ccc(Cl)cc2)c1OC(F)F. The number of hydrazone groups is 1. The number of amides is 1. The first-order chi connectivity index (χ1) is 13.0. The third-order valence-corrected chi connectivity index (χ3v) is 3.34. The molecule has 0 bridgehead atoms. The monoisotopic (exact) mass is 398 g/mol. The largest absolute Gasteiger partial charge is 0.490 e. The Kier molecular flexibility index (Phi) is 7.81. The van der Waals surface area contributed by atoms with Crippen LogP contribution < -0.4 is 19.6 Å². The van der Waals surface area contributed by atoms with Crippen LogP contribution in [0, 0.1) is 0 Å². The summed E-state index contributed by atoms with van der Waals surface area (Å²) in [6.07, 6.45) is 1.18. The summed E-state index contributed by atoms with van der Waals surface area (Å²) < 4.78 is 40.3. The first-order valence-corrected chi connectivity index (χ1v) is 8.28. The molecule has 0 unspecified atom stereocenters. The van der Waals surface area contributed by atoms with Gasteiger partial charge < -0.3 is 14.2 Å². The molecule has 0 heterocycles. The zero-order valence-electron chi connectivity index (χ0n) is 14.3. The van der Waals surface area contributed by atoms with E-state index in [0.29, 0.717) is 10.8 Å². The second-order valence-corrected chi connectivity index (χ2v) is 5.46. The van der Waals surface area contributed by atoms with E-state index in [1.54, 1.807) is 37.3 Å². The number of hydrogen-bond donors (Lipinski definition) is 1. The van der Waals surface area contributed by atoms with Gasteiger partial charge in [-0.2, -0.15) is 13.9 Å². The number of nitrogens with zero attached hydrogens (tertiary/aromatic N) is 1. The molecule has 1 N–H and O–H groups in total. The van der Waals surface area contributed by atoms with Crippen molar-refractivity contribution in [2.75, 3.05) is 13.2 Å². The van der Waals surface area contributed by atoms with Gasteiger partial charge in [0, 0.05) is 10.6 Å². The lowest BCUT2D eigenvalue weighted by atomic mass is 10.2.